The van der Waals surface area contributed by atoms with Crippen molar-refractivity contribution in [2.75, 3.05) is 13.7 Å². The molecule has 1 aliphatic rings. The van der Waals surface area contributed by atoms with E-state index in [0.29, 0.717) is 13.0 Å². The Morgan fingerprint density at radius 3 is 2.48 bits per heavy atom. The number of aliphatic hydroxyl groups excluding tert-OH is 3. The molecule has 0 radical (unpaired) electrons. The fraction of sp³-hybridized carbons (Fsp3) is 0.826. The first kappa shape index (κ1) is 27.6. The lowest BCUT2D eigenvalue weighted by molar-refractivity contribution is -0.150. The topological polar surface area (TPSA) is 128 Å². The van der Waals surface area contributed by atoms with E-state index < -0.39 is 36.4 Å². The quantitative estimate of drug-likeness (QED) is 0.193. The average molecular weight is 443 g/mol. The van der Waals surface area contributed by atoms with Crippen LogP contribution in [0.1, 0.15) is 77.6 Å². The van der Waals surface area contributed by atoms with Gasteiger partial charge in [-0.3, -0.25) is 9.59 Å². The highest BCUT2D eigenvalue weighted by molar-refractivity contribution is 5.89. The largest absolute Gasteiger partial charge is 0.387 e. The molecule has 5 atom stereocenters. The molecule has 1 rings (SSSR count). The molecule has 0 aliphatic carbocycles. The first-order valence-corrected chi connectivity index (χ1v) is 11.7. The SMILES string of the molecule is CCCCCCCCCC=C[C@@H](O)[C@H](O)[C@@H](O)[C@@H](OC)C(=O)N[C@H]1CCCCNC1=O. The zero-order valence-corrected chi connectivity index (χ0v) is 19.1. The van der Waals surface area contributed by atoms with Gasteiger partial charge in [-0.25, -0.2) is 0 Å². The average Bonchev–Trinajstić information content (AvgIpc) is 2.96. The molecular weight excluding hydrogens is 400 g/mol. The highest BCUT2D eigenvalue weighted by Crippen LogP contribution is 2.13. The standard InChI is InChI=1S/C23H42N2O6/c1-3-4-5-6-7-8-9-10-11-15-18(26)19(27)20(28)21(31-2)23(30)25-17-14-12-13-16-24-22(17)29/h11,15,17-21,26-28H,3-10,12-14,16H2,1-2H3,(H,24,29)(H,25,30)/t17-,18+,19-,20+,21+/m0/s1. The van der Waals surface area contributed by atoms with Crippen molar-refractivity contribution in [2.45, 2.75) is 108 Å². The number of ether oxygens (including phenoxy) is 1. The second kappa shape index (κ2) is 16.2. The first-order chi connectivity index (χ1) is 14.9. The van der Waals surface area contributed by atoms with Gasteiger partial charge in [-0.05, 0) is 32.1 Å². The van der Waals surface area contributed by atoms with Crippen LogP contribution in [-0.4, -0.2) is 71.2 Å². The van der Waals surface area contributed by atoms with Crippen molar-refractivity contribution in [3.8, 4) is 0 Å². The molecule has 1 aliphatic heterocycles. The van der Waals surface area contributed by atoms with Crippen LogP contribution < -0.4 is 10.6 Å². The maximum atomic E-state index is 12.5. The fourth-order valence-corrected chi connectivity index (χ4v) is 3.68. The van der Waals surface area contributed by atoms with Crippen LogP contribution in [0.5, 0.6) is 0 Å². The number of rotatable bonds is 15. The summed E-state index contributed by atoms with van der Waals surface area (Å²) in [4.78, 5) is 24.5. The number of methoxy groups -OCH3 is 1. The van der Waals surface area contributed by atoms with Gasteiger partial charge >= 0.3 is 0 Å². The van der Waals surface area contributed by atoms with Crippen LogP contribution in [0.3, 0.4) is 0 Å². The molecule has 0 bridgehead atoms. The third kappa shape index (κ3) is 10.6. The van der Waals surface area contributed by atoms with Crippen LogP contribution in [0.4, 0.5) is 0 Å². The Morgan fingerprint density at radius 2 is 1.81 bits per heavy atom. The van der Waals surface area contributed by atoms with Gasteiger partial charge in [0.1, 0.15) is 24.4 Å². The minimum Gasteiger partial charge on any atom is -0.387 e. The Balaban J connectivity index is 2.43. The van der Waals surface area contributed by atoms with Crippen LogP contribution in [0.15, 0.2) is 12.2 Å². The number of nitrogens with one attached hydrogen (secondary N) is 2. The maximum Gasteiger partial charge on any atom is 0.252 e. The third-order valence-electron chi connectivity index (χ3n) is 5.68. The summed E-state index contributed by atoms with van der Waals surface area (Å²) in [7, 11) is 1.23. The Bertz CT molecular complexity index is 542. The van der Waals surface area contributed by atoms with Gasteiger partial charge < -0.3 is 30.7 Å². The molecule has 180 valence electrons. The highest BCUT2D eigenvalue weighted by Gasteiger charge is 2.36. The van der Waals surface area contributed by atoms with Crippen LogP contribution >= 0.6 is 0 Å². The van der Waals surface area contributed by atoms with Crippen LogP contribution in [-0.2, 0) is 14.3 Å². The van der Waals surface area contributed by atoms with E-state index in [-0.39, 0.29) is 5.91 Å². The van der Waals surface area contributed by atoms with E-state index in [1.165, 1.54) is 45.3 Å². The Labute approximate surface area is 186 Å². The van der Waals surface area contributed by atoms with Crippen LogP contribution in [0.25, 0.3) is 0 Å². The monoisotopic (exact) mass is 442 g/mol. The lowest BCUT2D eigenvalue weighted by Crippen LogP contribution is -2.55. The number of carbonyl (C=O) groups excluding carboxylic acids is 2. The second-order valence-corrected chi connectivity index (χ2v) is 8.31. The molecular formula is C23H42N2O6. The zero-order valence-electron chi connectivity index (χ0n) is 19.1. The van der Waals surface area contributed by atoms with Gasteiger partial charge in [-0.1, -0.05) is 57.6 Å². The van der Waals surface area contributed by atoms with Gasteiger partial charge in [-0.15, -0.1) is 0 Å². The molecule has 31 heavy (non-hydrogen) atoms. The van der Waals surface area contributed by atoms with Crippen molar-refractivity contribution in [3.05, 3.63) is 12.2 Å². The molecule has 8 heteroatoms. The summed E-state index contributed by atoms with van der Waals surface area (Å²) in [5.74, 6) is -0.973. The number of unbranched alkanes of at least 4 members (excludes halogenated alkanes) is 7. The molecule has 2 amide bonds. The first-order valence-electron chi connectivity index (χ1n) is 11.7. The lowest BCUT2D eigenvalue weighted by atomic mass is 10.0. The zero-order chi connectivity index (χ0) is 23.1. The molecule has 0 unspecified atom stereocenters. The summed E-state index contributed by atoms with van der Waals surface area (Å²) >= 11 is 0. The van der Waals surface area contributed by atoms with Crippen molar-refractivity contribution in [1.29, 1.82) is 0 Å². The van der Waals surface area contributed by atoms with Crippen LogP contribution in [0, 0.1) is 0 Å². The summed E-state index contributed by atoms with van der Waals surface area (Å²) in [5, 5.41) is 36.1. The normalized spacial score (nSPS) is 21.2. The van der Waals surface area contributed by atoms with Crippen molar-refractivity contribution in [3.63, 3.8) is 0 Å². The molecule has 1 fully saturated rings. The second-order valence-electron chi connectivity index (χ2n) is 8.31. The fourth-order valence-electron chi connectivity index (χ4n) is 3.68. The minimum absolute atomic E-state index is 0.274. The number of aliphatic hydroxyl groups is 3. The van der Waals surface area contributed by atoms with Gasteiger partial charge in [0, 0.05) is 13.7 Å². The Kier molecular flexibility index (Phi) is 14.4. The number of hydrogen-bond donors (Lipinski definition) is 5. The summed E-state index contributed by atoms with van der Waals surface area (Å²) in [6, 6.07) is -0.705. The Hall–Kier alpha value is -1.48. The van der Waals surface area contributed by atoms with E-state index in [1.54, 1.807) is 6.08 Å². The predicted octanol–water partition coefficient (Wildman–Crippen LogP) is 1.57. The van der Waals surface area contributed by atoms with E-state index in [0.717, 1.165) is 32.1 Å². The molecule has 0 aromatic carbocycles. The molecule has 0 aromatic rings. The molecule has 1 heterocycles. The number of carbonyl (C=O) groups is 2. The lowest BCUT2D eigenvalue weighted by Gasteiger charge is -2.28. The summed E-state index contributed by atoms with van der Waals surface area (Å²) in [6.07, 6.45) is 8.50. The van der Waals surface area contributed by atoms with E-state index in [9.17, 15) is 24.9 Å². The molecule has 0 spiro atoms. The minimum atomic E-state index is -1.64. The smallest absolute Gasteiger partial charge is 0.252 e. The van der Waals surface area contributed by atoms with Gasteiger partial charge in [0.25, 0.3) is 5.91 Å². The molecule has 0 aromatic heterocycles. The van der Waals surface area contributed by atoms with Crippen molar-refractivity contribution in [1.82, 2.24) is 10.6 Å². The number of amides is 2. The highest BCUT2D eigenvalue weighted by atomic mass is 16.5. The van der Waals surface area contributed by atoms with E-state index >= 15 is 0 Å². The van der Waals surface area contributed by atoms with Gasteiger partial charge in [0.2, 0.25) is 5.91 Å². The summed E-state index contributed by atoms with van der Waals surface area (Å²) < 4.78 is 5.06. The maximum absolute atomic E-state index is 12.5. The molecule has 5 N–H and O–H groups in total. The van der Waals surface area contributed by atoms with Gasteiger partial charge in [0.15, 0.2) is 6.10 Å². The number of hydrogen-bond acceptors (Lipinski definition) is 6. The van der Waals surface area contributed by atoms with Gasteiger partial charge in [0.05, 0.1) is 0 Å². The summed E-state index contributed by atoms with van der Waals surface area (Å²) in [6.45, 7) is 2.76. The molecule has 0 saturated carbocycles. The molecule has 8 nitrogen and oxygen atoms in total. The van der Waals surface area contributed by atoms with Crippen molar-refractivity contribution < 1.29 is 29.6 Å². The van der Waals surface area contributed by atoms with Crippen molar-refractivity contribution in [2.24, 2.45) is 0 Å². The van der Waals surface area contributed by atoms with E-state index in [1.807, 2.05) is 0 Å². The summed E-state index contributed by atoms with van der Waals surface area (Å²) in [5.41, 5.74) is 0. The third-order valence-corrected chi connectivity index (χ3v) is 5.68. The van der Waals surface area contributed by atoms with Crippen molar-refractivity contribution >= 4 is 11.8 Å². The van der Waals surface area contributed by atoms with E-state index in [2.05, 4.69) is 17.6 Å². The predicted molar refractivity (Wildman–Crippen MR) is 119 cm³/mol. The Morgan fingerprint density at radius 1 is 1.13 bits per heavy atom. The van der Waals surface area contributed by atoms with Crippen LogP contribution in [0.2, 0.25) is 0 Å². The molecule has 1 saturated heterocycles. The van der Waals surface area contributed by atoms with E-state index in [4.69, 9.17) is 4.74 Å². The number of allylic oxidation sites excluding steroid dienone is 1. The van der Waals surface area contributed by atoms with Gasteiger partial charge in [-0.2, -0.15) is 0 Å².